The molecule has 10 atom stereocenters. The Morgan fingerprint density at radius 3 is 2.00 bits per heavy atom. The molecule has 0 radical (unpaired) electrons. The Labute approximate surface area is 251 Å². The number of Topliss-reactive ketones (excluding diaryl/α,β-unsaturated/α-hetero) is 1. The van der Waals surface area contributed by atoms with Crippen LogP contribution in [0.3, 0.4) is 0 Å². The van der Waals surface area contributed by atoms with Crippen LogP contribution in [0.4, 0.5) is 0 Å². The summed E-state index contributed by atoms with van der Waals surface area (Å²) in [5.41, 5.74) is -2.43. The predicted molar refractivity (Wildman–Crippen MR) is 151 cm³/mol. The number of benzene rings is 1. The van der Waals surface area contributed by atoms with Gasteiger partial charge in [0.05, 0.1) is 11.5 Å². The molecule has 1 saturated heterocycles. The smallest absolute Gasteiger partial charge is 0.338 e. The Balaban J connectivity index is 1.69. The first-order chi connectivity index (χ1) is 20.1. The summed E-state index contributed by atoms with van der Waals surface area (Å²) in [6.07, 6.45) is -1.74. The molecule has 1 unspecified atom stereocenters. The largest absolute Gasteiger partial charge is 0.461 e. The molecule has 4 aliphatic rings. The van der Waals surface area contributed by atoms with Gasteiger partial charge in [0.25, 0.3) is 0 Å². The van der Waals surface area contributed by atoms with E-state index in [0.29, 0.717) is 11.1 Å². The maximum Gasteiger partial charge on any atom is 0.338 e. The van der Waals surface area contributed by atoms with Gasteiger partial charge < -0.3 is 23.7 Å². The number of hydrogen-bond donors (Lipinski definition) is 0. The second-order valence-electron chi connectivity index (χ2n) is 13.2. The Hall–Kier alpha value is -3.53. The minimum atomic E-state index is -1.33. The number of esters is 4. The van der Waals surface area contributed by atoms with E-state index in [1.165, 1.54) is 20.8 Å². The predicted octanol–water partition coefficient (Wildman–Crippen LogP) is 3.99. The van der Waals surface area contributed by atoms with Gasteiger partial charge in [-0.25, -0.2) is 4.79 Å². The maximum atomic E-state index is 14.4. The van der Waals surface area contributed by atoms with Gasteiger partial charge in [0.1, 0.15) is 18.3 Å². The van der Waals surface area contributed by atoms with Crippen LogP contribution in [0.1, 0.15) is 72.2 Å². The summed E-state index contributed by atoms with van der Waals surface area (Å²) in [7, 11) is 0. The molecule has 1 aliphatic heterocycles. The highest BCUT2D eigenvalue weighted by Gasteiger charge is 2.84. The van der Waals surface area contributed by atoms with Crippen molar-refractivity contribution in [2.75, 3.05) is 0 Å². The molecule has 0 amide bonds. The number of fused-ring (bicyclic) bond motifs is 1. The standard InChI is InChI=1S/C33H40O10/c1-16-14-33-29(41-21(6)36)17(2)15-32(33,43-33)28(37)18(3)26(40-20(5)35)23-24(31(23,7)8)27(25(16)39-19(4)34)42-30(38)22-12-10-9-11-13-22/h9-14,17-18,23-27,29H,15H2,1-8H3/b16-14-/t17-,18-,23-,24+,25+,26-,27-,29-,32-,33?/m0/s1. The zero-order valence-corrected chi connectivity index (χ0v) is 25.9. The van der Waals surface area contributed by atoms with E-state index in [2.05, 4.69) is 0 Å². The first-order valence-electron chi connectivity index (χ1n) is 14.8. The lowest BCUT2D eigenvalue weighted by Gasteiger charge is -2.30. The summed E-state index contributed by atoms with van der Waals surface area (Å²) in [4.78, 5) is 65.0. The van der Waals surface area contributed by atoms with Crippen LogP contribution in [0, 0.1) is 29.1 Å². The zero-order valence-electron chi connectivity index (χ0n) is 25.9. The third-order valence-corrected chi connectivity index (χ3v) is 9.82. The van der Waals surface area contributed by atoms with Crippen LogP contribution >= 0.6 is 0 Å². The van der Waals surface area contributed by atoms with Crippen molar-refractivity contribution in [1.29, 1.82) is 0 Å². The molecule has 0 aromatic heterocycles. The number of ketones is 1. The summed E-state index contributed by atoms with van der Waals surface area (Å²) >= 11 is 0. The van der Waals surface area contributed by atoms with Gasteiger partial charge in [-0.1, -0.05) is 45.9 Å². The Kier molecular flexibility index (Phi) is 7.60. The first kappa shape index (κ1) is 30.9. The molecular weight excluding hydrogens is 556 g/mol. The van der Waals surface area contributed by atoms with E-state index in [-0.39, 0.29) is 18.1 Å². The lowest BCUT2D eigenvalue weighted by atomic mass is 9.80. The van der Waals surface area contributed by atoms with Crippen molar-refractivity contribution in [2.24, 2.45) is 29.1 Å². The van der Waals surface area contributed by atoms with Gasteiger partial charge in [0.2, 0.25) is 0 Å². The summed E-state index contributed by atoms with van der Waals surface area (Å²) in [5, 5.41) is 0. The normalized spacial score (nSPS) is 40.2. The van der Waals surface area contributed by atoms with E-state index in [4.69, 9.17) is 23.7 Å². The van der Waals surface area contributed by atoms with Crippen LogP contribution in [0.25, 0.3) is 0 Å². The van der Waals surface area contributed by atoms with Gasteiger partial charge in [0.15, 0.2) is 23.1 Å². The van der Waals surface area contributed by atoms with Gasteiger partial charge in [-0.15, -0.1) is 0 Å². The molecule has 1 aromatic carbocycles. The van der Waals surface area contributed by atoms with Crippen molar-refractivity contribution in [3.8, 4) is 0 Å². The molecule has 0 bridgehead atoms. The molecule has 1 aromatic rings. The lowest BCUT2D eigenvalue weighted by molar-refractivity contribution is -0.154. The highest BCUT2D eigenvalue weighted by molar-refractivity contribution is 5.96. The highest BCUT2D eigenvalue weighted by atomic mass is 16.7. The van der Waals surface area contributed by atoms with E-state index in [1.54, 1.807) is 50.3 Å². The van der Waals surface area contributed by atoms with E-state index in [1.807, 2.05) is 20.8 Å². The zero-order chi connectivity index (χ0) is 31.6. The summed E-state index contributed by atoms with van der Waals surface area (Å²) in [5.74, 6) is -4.43. The number of carbonyl (C=O) groups excluding carboxylic acids is 5. The van der Waals surface area contributed by atoms with E-state index in [0.717, 1.165) is 0 Å². The quantitative estimate of drug-likeness (QED) is 0.212. The molecule has 43 heavy (non-hydrogen) atoms. The van der Waals surface area contributed by atoms with Crippen molar-refractivity contribution in [2.45, 2.75) is 97.4 Å². The SMILES string of the molecule is CC(=O)O[C@@H]1[C@@H]2[C@H]([C@H](OC(=O)c3ccccc3)[C@H](OC(C)=O)/C(C)=C\C34O[C@@]3(C[C@H](C)[C@@H]4OC(C)=O)C(=O)[C@H]1C)C2(C)C. The fourth-order valence-electron chi connectivity index (χ4n) is 7.97. The minimum Gasteiger partial charge on any atom is -0.461 e. The molecule has 0 spiro atoms. The summed E-state index contributed by atoms with van der Waals surface area (Å²) < 4.78 is 30.1. The monoisotopic (exact) mass is 596 g/mol. The van der Waals surface area contributed by atoms with Crippen LogP contribution in [-0.4, -0.2) is 65.3 Å². The molecule has 5 rings (SSSR count). The number of hydrogen-bond acceptors (Lipinski definition) is 10. The summed E-state index contributed by atoms with van der Waals surface area (Å²) in [6.45, 7) is 13.1. The molecule has 1 heterocycles. The average molecular weight is 597 g/mol. The Bertz CT molecular complexity index is 1380. The van der Waals surface area contributed by atoms with Gasteiger partial charge in [0, 0.05) is 32.6 Å². The van der Waals surface area contributed by atoms with Crippen LogP contribution < -0.4 is 0 Å². The summed E-state index contributed by atoms with van der Waals surface area (Å²) in [6, 6.07) is 8.48. The number of rotatable bonds is 5. The van der Waals surface area contributed by atoms with Crippen LogP contribution in [0.2, 0.25) is 0 Å². The van der Waals surface area contributed by atoms with Gasteiger partial charge in [-0.3, -0.25) is 19.2 Å². The number of epoxide rings is 1. The van der Waals surface area contributed by atoms with E-state index in [9.17, 15) is 24.0 Å². The van der Waals surface area contributed by atoms with Crippen molar-refractivity contribution in [3.05, 3.63) is 47.5 Å². The molecule has 10 heteroatoms. The third-order valence-electron chi connectivity index (χ3n) is 9.82. The Morgan fingerprint density at radius 1 is 0.837 bits per heavy atom. The minimum absolute atomic E-state index is 0.239. The molecule has 3 aliphatic carbocycles. The van der Waals surface area contributed by atoms with Gasteiger partial charge in [-0.2, -0.15) is 0 Å². The second kappa shape index (κ2) is 10.6. The highest BCUT2D eigenvalue weighted by Crippen LogP contribution is 2.69. The van der Waals surface area contributed by atoms with Crippen molar-refractivity contribution in [3.63, 3.8) is 0 Å². The average Bonchev–Trinajstić information content (AvgIpc) is 3.71. The van der Waals surface area contributed by atoms with Crippen molar-refractivity contribution < 1.29 is 47.7 Å². The van der Waals surface area contributed by atoms with Gasteiger partial charge in [-0.05, 0) is 48.5 Å². The number of carbonyl (C=O) groups is 5. The fraction of sp³-hybridized carbons (Fsp3) is 0.606. The van der Waals surface area contributed by atoms with E-state index < -0.39 is 82.7 Å². The third kappa shape index (κ3) is 4.97. The number of ether oxygens (including phenoxy) is 5. The van der Waals surface area contributed by atoms with Crippen LogP contribution in [-0.2, 0) is 42.9 Å². The first-order valence-corrected chi connectivity index (χ1v) is 14.8. The van der Waals surface area contributed by atoms with Crippen LogP contribution in [0.15, 0.2) is 42.0 Å². The fourth-order valence-corrected chi connectivity index (χ4v) is 7.97. The maximum absolute atomic E-state index is 14.4. The van der Waals surface area contributed by atoms with Gasteiger partial charge >= 0.3 is 23.9 Å². The van der Waals surface area contributed by atoms with Crippen molar-refractivity contribution in [1.82, 2.24) is 0 Å². The topological polar surface area (TPSA) is 135 Å². The molecule has 10 nitrogen and oxygen atoms in total. The van der Waals surface area contributed by atoms with Crippen LogP contribution in [0.5, 0.6) is 0 Å². The molecule has 2 saturated carbocycles. The van der Waals surface area contributed by atoms with E-state index >= 15 is 0 Å². The molecular formula is C33H40O10. The van der Waals surface area contributed by atoms with Crippen molar-refractivity contribution >= 4 is 29.7 Å². The molecule has 0 N–H and O–H groups in total. The lowest BCUT2D eigenvalue weighted by Crippen LogP contribution is -2.43. The molecule has 3 fully saturated rings. The molecule has 232 valence electrons. The second-order valence-corrected chi connectivity index (χ2v) is 13.2. The Morgan fingerprint density at radius 2 is 1.42 bits per heavy atom.